The monoisotopic (exact) mass is 825 g/mol. The fourth-order valence-corrected chi connectivity index (χ4v) is 6.83. The Hall–Kier alpha value is -4.40. The number of carbonyl (C=O) groups is 1. The highest BCUT2D eigenvalue weighted by atomic mass is 32.2. The van der Waals surface area contributed by atoms with E-state index in [0.717, 1.165) is 37.3 Å². The lowest BCUT2D eigenvalue weighted by Gasteiger charge is -2.13. The maximum Gasteiger partial charge on any atom is 0.296 e. The molecule has 0 radical (unpaired) electrons. The van der Waals surface area contributed by atoms with Gasteiger partial charge in [-0.25, -0.2) is 10.5 Å². The molecular weight excluding hydrogens is 807 g/mol. The van der Waals surface area contributed by atoms with E-state index in [9.17, 15) is 53.9 Å². The highest BCUT2D eigenvalue weighted by Gasteiger charge is 2.27. The molecule has 23 nitrogen and oxygen atoms in total. The number of amides is 1. The number of phenols is 2. The number of carbonyl (C=O) groups excluding carboxylic acids is 1. The molecule has 8 N–H and O–H groups in total. The van der Waals surface area contributed by atoms with Crippen LogP contribution in [0.1, 0.15) is 6.92 Å². The van der Waals surface area contributed by atoms with E-state index < -0.39 is 90.6 Å². The number of hydrogen-bond acceptors (Lipinski definition) is 21. The summed E-state index contributed by atoms with van der Waals surface area (Å²) < 4.78 is 110. The fourth-order valence-electron chi connectivity index (χ4n) is 4.12. The standard InChI is InChI=1S/C24H19N5O18S5/c1-10(30)25-12-2-4-14(18(8-12)51(38,39)40)26-28-21-17(49-47-45-34)6-11-7-19(52(41,42)43)22(24(32)20(11)23(21)31)29-27-15-9-13(50(35,36)37)3-5-16(15)48-46-44-33/h2-9,31-34H,1H3,(H,25,30)(H,35,36,37)(H,38,39,40)(H,41,42,43)/b28-26+,29-27+. The van der Waals surface area contributed by atoms with Gasteiger partial charge in [0.2, 0.25) is 5.91 Å². The van der Waals surface area contributed by atoms with Gasteiger partial charge in [-0.3, -0.25) is 18.5 Å². The molecule has 0 unspecified atom stereocenters. The minimum atomic E-state index is -5.30. The first-order valence-electron chi connectivity index (χ1n) is 12.9. The molecule has 4 aromatic rings. The lowest BCUT2D eigenvalue weighted by molar-refractivity contribution is -0.432. The largest absolute Gasteiger partial charge is 0.505 e. The molecule has 4 rings (SSSR count). The van der Waals surface area contributed by atoms with Gasteiger partial charge in [-0.05, 0) is 53.9 Å². The zero-order valence-electron chi connectivity index (χ0n) is 25.1. The Morgan fingerprint density at radius 3 is 1.83 bits per heavy atom. The second-order valence-electron chi connectivity index (χ2n) is 9.51. The van der Waals surface area contributed by atoms with E-state index in [1.807, 2.05) is 0 Å². The molecule has 0 atom stereocenters. The maximum absolute atomic E-state index is 12.4. The number of nitrogens with zero attached hydrogens (tertiary/aromatic N) is 4. The van der Waals surface area contributed by atoms with Gasteiger partial charge in [0.05, 0.1) is 44.2 Å². The van der Waals surface area contributed by atoms with Crippen LogP contribution in [0.2, 0.25) is 0 Å². The lowest BCUT2D eigenvalue weighted by Crippen LogP contribution is -2.07. The molecule has 278 valence electrons. The van der Waals surface area contributed by atoms with Gasteiger partial charge in [0.25, 0.3) is 30.4 Å². The van der Waals surface area contributed by atoms with E-state index in [2.05, 4.69) is 44.5 Å². The van der Waals surface area contributed by atoms with Gasteiger partial charge >= 0.3 is 0 Å². The third-order valence-electron chi connectivity index (χ3n) is 6.14. The van der Waals surface area contributed by atoms with E-state index in [1.54, 1.807) is 0 Å². The molecular formula is C24H19N5O18S5. The number of phenolic OH excluding ortho intramolecular Hbond substituents is 2. The van der Waals surface area contributed by atoms with Crippen LogP contribution in [0.5, 0.6) is 11.5 Å². The summed E-state index contributed by atoms with van der Waals surface area (Å²) in [6.45, 7) is 1.13. The second-order valence-corrected chi connectivity index (χ2v) is 15.2. The molecule has 0 bridgehead atoms. The molecule has 0 heterocycles. The van der Waals surface area contributed by atoms with E-state index in [-0.39, 0.29) is 45.0 Å². The van der Waals surface area contributed by atoms with Crippen LogP contribution in [0.3, 0.4) is 0 Å². The first-order chi connectivity index (χ1) is 24.3. The van der Waals surface area contributed by atoms with Gasteiger partial charge in [0.15, 0.2) is 11.5 Å². The van der Waals surface area contributed by atoms with Crippen molar-refractivity contribution in [1.29, 1.82) is 0 Å². The Kier molecular flexibility index (Phi) is 12.5. The predicted octanol–water partition coefficient (Wildman–Crippen LogP) is 5.64. The summed E-state index contributed by atoms with van der Waals surface area (Å²) in [7, 11) is -15.2. The summed E-state index contributed by atoms with van der Waals surface area (Å²) >= 11 is 0.355. The van der Waals surface area contributed by atoms with Crippen LogP contribution in [0, 0.1) is 0 Å². The molecule has 0 aliphatic carbocycles. The first kappa shape index (κ1) is 40.4. The Morgan fingerprint density at radius 1 is 0.673 bits per heavy atom. The van der Waals surface area contributed by atoms with E-state index >= 15 is 0 Å². The van der Waals surface area contributed by atoms with Crippen molar-refractivity contribution in [1.82, 2.24) is 0 Å². The van der Waals surface area contributed by atoms with Crippen LogP contribution in [0.4, 0.5) is 28.4 Å². The summed E-state index contributed by atoms with van der Waals surface area (Å²) in [6, 6.07) is 7.23. The molecule has 0 aliphatic heterocycles. The average molecular weight is 826 g/mol. The zero-order chi connectivity index (χ0) is 38.6. The van der Waals surface area contributed by atoms with Gasteiger partial charge in [0.1, 0.15) is 32.5 Å². The number of anilines is 1. The molecule has 0 aliphatic rings. The Bertz CT molecular complexity index is 2460. The SMILES string of the molecule is CC(=O)Nc1ccc(/N=N/c2c(SOOO)cc3cc(S(=O)(=O)O)c(/N=N/c4cc(S(=O)(=O)O)ccc4SOOO)c(O)c3c2O)c(S(=O)(=O)O)c1. The molecule has 0 aromatic heterocycles. The Balaban J connectivity index is 1.99. The minimum absolute atomic E-state index is 0.0664. The van der Waals surface area contributed by atoms with Crippen molar-refractivity contribution in [2.75, 3.05) is 5.32 Å². The van der Waals surface area contributed by atoms with Crippen LogP contribution in [-0.4, -0.2) is 65.5 Å². The third-order valence-corrected chi connectivity index (χ3v) is 10.0. The van der Waals surface area contributed by atoms with Gasteiger partial charge in [0, 0.05) is 12.6 Å². The summed E-state index contributed by atoms with van der Waals surface area (Å²) in [5.41, 5.74) is -2.88. The van der Waals surface area contributed by atoms with Crippen molar-refractivity contribution in [2.45, 2.75) is 31.4 Å². The topological polar surface area (TPSA) is 359 Å². The van der Waals surface area contributed by atoms with Gasteiger partial charge in [-0.1, -0.05) is 10.1 Å². The number of azo groups is 2. The number of benzene rings is 4. The van der Waals surface area contributed by atoms with Crippen LogP contribution in [-0.2, 0) is 53.9 Å². The first-order valence-corrected chi connectivity index (χ1v) is 18.7. The van der Waals surface area contributed by atoms with Crippen molar-refractivity contribution in [3.8, 4) is 11.5 Å². The van der Waals surface area contributed by atoms with Crippen LogP contribution in [0.15, 0.2) is 93.5 Å². The van der Waals surface area contributed by atoms with Crippen molar-refractivity contribution >= 4 is 99.6 Å². The van der Waals surface area contributed by atoms with Crippen molar-refractivity contribution in [3.63, 3.8) is 0 Å². The van der Waals surface area contributed by atoms with E-state index in [1.165, 1.54) is 6.07 Å². The second kappa shape index (κ2) is 16.1. The van der Waals surface area contributed by atoms with Crippen molar-refractivity contribution in [3.05, 3.63) is 48.5 Å². The highest BCUT2D eigenvalue weighted by Crippen LogP contribution is 2.51. The molecule has 0 spiro atoms. The highest BCUT2D eigenvalue weighted by molar-refractivity contribution is 7.95. The quantitative estimate of drug-likeness (QED) is 0.0251. The Morgan fingerprint density at radius 2 is 1.25 bits per heavy atom. The van der Waals surface area contributed by atoms with Gasteiger partial charge in [-0.2, -0.15) is 25.3 Å². The maximum atomic E-state index is 12.4. The number of aromatic hydroxyl groups is 2. The number of nitrogens with one attached hydrogen (secondary N) is 1. The number of rotatable bonds is 14. The van der Waals surface area contributed by atoms with Gasteiger partial charge in [-0.15, -0.1) is 29.1 Å². The van der Waals surface area contributed by atoms with Crippen LogP contribution < -0.4 is 5.32 Å². The third kappa shape index (κ3) is 9.52. The number of fused-ring (bicyclic) bond motifs is 1. The van der Waals surface area contributed by atoms with Crippen molar-refractivity contribution in [2.24, 2.45) is 20.5 Å². The van der Waals surface area contributed by atoms with Crippen LogP contribution in [0.25, 0.3) is 10.8 Å². The van der Waals surface area contributed by atoms with Crippen LogP contribution >= 0.6 is 24.1 Å². The van der Waals surface area contributed by atoms with Crippen molar-refractivity contribution < 1.29 is 83.2 Å². The summed E-state index contributed by atoms with van der Waals surface area (Å²) in [5.74, 6) is -2.86. The summed E-state index contributed by atoms with van der Waals surface area (Å²) in [5, 5.41) is 62.8. The molecule has 4 aromatic carbocycles. The van der Waals surface area contributed by atoms with E-state index in [4.69, 9.17) is 10.5 Å². The summed E-state index contributed by atoms with van der Waals surface area (Å²) in [6.07, 6.45) is 0. The minimum Gasteiger partial charge on any atom is -0.505 e. The van der Waals surface area contributed by atoms with E-state index in [0.29, 0.717) is 12.1 Å². The normalized spacial score (nSPS) is 12.7. The van der Waals surface area contributed by atoms with Gasteiger partial charge < -0.3 is 15.5 Å². The lowest BCUT2D eigenvalue weighted by atomic mass is 10.1. The fraction of sp³-hybridized carbons (Fsp3) is 0.0417. The smallest absolute Gasteiger partial charge is 0.296 e. The molecule has 1 amide bonds. The number of hydrogen-bond donors (Lipinski definition) is 8. The molecule has 0 fully saturated rings. The molecule has 0 saturated carbocycles. The average Bonchev–Trinajstić information content (AvgIpc) is 3.04. The predicted molar refractivity (Wildman–Crippen MR) is 174 cm³/mol. The Labute approximate surface area is 298 Å². The molecule has 28 heteroatoms. The zero-order valence-corrected chi connectivity index (χ0v) is 29.2. The molecule has 52 heavy (non-hydrogen) atoms. The molecule has 0 saturated heterocycles. The summed E-state index contributed by atoms with van der Waals surface area (Å²) in [4.78, 5) is 8.13.